The summed E-state index contributed by atoms with van der Waals surface area (Å²) in [5.74, 6) is -3.79. The second kappa shape index (κ2) is 11.4. The third kappa shape index (κ3) is 6.30. The number of benzene rings is 3. The molecule has 28 heavy (non-hydrogen) atoms. The third-order valence-electron chi connectivity index (χ3n) is 4.19. The zero-order valence-corrected chi connectivity index (χ0v) is 19.5. The molecule has 0 unspecified atom stereocenters. The molecule has 3 rings (SSSR count). The van der Waals surface area contributed by atoms with Crippen LogP contribution in [0.1, 0.15) is 13.3 Å². The third-order valence-corrected chi connectivity index (χ3v) is 14.8. The van der Waals surface area contributed by atoms with Gasteiger partial charge in [0.15, 0.2) is 5.92 Å². The summed E-state index contributed by atoms with van der Waals surface area (Å²) >= 11 is -2.17. The van der Waals surface area contributed by atoms with E-state index in [4.69, 9.17) is 10.2 Å². The Hall–Kier alpha value is -2.48. The first-order valence-electron chi connectivity index (χ1n) is 9.03. The minimum absolute atomic E-state index is 0.130. The Labute approximate surface area is 173 Å². The molecule has 0 saturated carbocycles. The van der Waals surface area contributed by atoms with Gasteiger partial charge in [0.25, 0.3) is 0 Å². The number of hydrogen-bond donors (Lipinski definition) is 2. The SMILES string of the molecule is CCC(C(=O)O)C(=O)O.c1cc[c]([Pb]([c]2ccccc2)[c]2ccccc2)cc1. The Bertz CT molecular complexity index is 759. The van der Waals surface area contributed by atoms with Crippen LogP contribution in [0.5, 0.6) is 0 Å². The summed E-state index contributed by atoms with van der Waals surface area (Å²) in [5.41, 5.74) is 0. The van der Waals surface area contributed by atoms with Crippen LogP contribution < -0.4 is 9.37 Å². The van der Waals surface area contributed by atoms with Crippen LogP contribution in [0.15, 0.2) is 91.0 Å². The van der Waals surface area contributed by atoms with E-state index in [1.165, 1.54) is 6.92 Å². The van der Waals surface area contributed by atoms with Crippen molar-refractivity contribution in [2.45, 2.75) is 13.3 Å². The molecule has 0 aliphatic carbocycles. The van der Waals surface area contributed by atoms with Crippen molar-refractivity contribution in [1.29, 1.82) is 0 Å². The molecular weight excluding hydrogens is 547 g/mol. The van der Waals surface area contributed by atoms with Gasteiger partial charge in [0.05, 0.1) is 0 Å². The van der Waals surface area contributed by atoms with E-state index < -0.39 is 40.6 Å². The first-order valence-corrected chi connectivity index (χ1v) is 14.9. The summed E-state index contributed by atoms with van der Waals surface area (Å²) in [6, 6.07) is 33.0. The van der Waals surface area contributed by atoms with Crippen LogP contribution in [0.4, 0.5) is 0 Å². The summed E-state index contributed by atoms with van der Waals surface area (Å²) in [6.07, 6.45) is 0.130. The number of carboxylic acids is 2. The molecule has 3 aromatic rings. The van der Waals surface area contributed by atoms with Gasteiger partial charge in [-0.25, -0.2) is 0 Å². The molecule has 0 aliphatic heterocycles. The predicted octanol–water partition coefficient (Wildman–Crippen LogP) is 2.38. The van der Waals surface area contributed by atoms with E-state index in [-0.39, 0.29) is 6.42 Å². The number of carbonyl (C=O) groups is 2. The van der Waals surface area contributed by atoms with Gasteiger partial charge in [0, 0.05) is 0 Å². The molecule has 0 fully saturated rings. The molecule has 5 heteroatoms. The van der Waals surface area contributed by atoms with Crippen molar-refractivity contribution in [2.75, 3.05) is 0 Å². The predicted molar refractivity (Wildman–Crippen MR) is 113 cm³/mol. The Balaban J connectivity index is 0.000000266. The molecule has 0 aromatic heterocycles. The van der Waals surface area contributed by atoms with Crippen molar-refractivity contribution in [2.24, 2.45) is 5.92 Å². The molecule has 3 aromatic carbocycles. The number of aliphatic carboxylic acids is 2. The molecule has 0 aliphatic rings. The summed E-state index contributed by atoms with van der Waals surface area (Å²) in [7, 11) is 0. The maximum absolute atomic E-state index is 9.99. The number of carboxylic acid groups (broad SMARTS) is 2. The summed E-state index contributed by atoms with van der Waals surface area (Å²) in [5, 5.41) is 16.3. The van der Waals surface area contributed by atoms with E-state index >= 15 is 0 Å². The first-order chi connectivity index (χ1) is 13.5. The molecule has 4 nitrogen and oxygen atoms in total. The van der Waals surface area contributed by atoms with E-state index in [1.807, 2.05) is 0 Å². The minimum atomic E-state index is -2.17. The van der Waals surface area contributed by atoms with Crippen LogP contribution in [-0.2, 0) is 9.59 Å². The first kappa shape index (κ1) is 21.8. The van der Waals surface area contributed by atoms with Crippen molar-refractivity contribution >= 4 is 44.0 Å². The Morgan fingerprint density at radius 1 is 0.679 bits per heavy atom. The van der Waals surface area contributed by atoms with E-state index in [0.717, 1.165) is 0 Å². The van der Waals surface area contributed by atoms with Crippen LogP contribution >= 0.6 is 0 Å². The monoisotopic (exact) mass is 571 g/mol. The van der Waals surface area contributed by atoms with Gasteiger partial charge in [-0.2, -0.15) is 0 Å². The van der Waals surface area contributed by atoms with Gasteiger partial charge in [0.2, 0.25) is 0 Å². The summed E-state index contributed by atoms with van der Waals surface area (Å²) < 4.78 is 4.64. The van der Waals surface area contributed by atoms with Gasteiger partial charge in [-0.15, -0.1) is 0 Å². The molecule has 0 saturated heterocycles. The van der Waals surface area contributed by atoms with Gasteiger partial charge < -0.3 is 10.2 Å². The van der Waals surface area contributed by atoms with E-state index in [1.54, 1.807) is 9.37 Å². The van der Waals surface area contributed by atoms with Crippen LogP contribution in [0.3, 0.4) is 0 Å². The van der Waals surface area contributed by atoms with Crippen molar-refractivity contribution in [3.63, 3.8) is 0 Å². The van der Waals surface area contributed by atoms with E-state index in [0.29, 0.717) is 0 Å². The Kier molecular flexibility index (Phi) is 8.87. The summed E-state index contributed by atoms with van der Waals surface area (Å²) in [4.78, 5) is 20.0. The fourth-order valence-electron chi connectivity index (χ4n) is 2.77. The van der Waals surface area contributed by atoms with Crippen LogP contribution in [0, 0.1) is 5.92 Å². The average Bonchev–Trinajstić information content (AvgIpc) is 2.71. The second-order valence-corrected chi connectivity index (χ2v) is 15.8. The Morgan fingerprint density at radius 3 is 1.14 bits per heavy atom. The van der Waals surface area contributed by atoms with Crippen LogP contribution in [-0.4, -0.2) is 44.9 Å². The maximum atomic E-state index is 9.99. The second-order valence-electron chi connectivity index (χ2n) is 6.11. The molecule has 0 atom stereocenters. The zero-order chi connectivity index (χ0) is 20.4. The Morgan fingerprint density at radius 2 is 0.964 bits per heavy atom. The van der Waals surface area contributed by atoms with Crippen molar-refractivity contribution in [1.82, 2.24) is 0 Å². The fraction of sp³-hybridized carbons (Fsp3) is 0.130. The van der Waals surface area contributed by atoms with Gasteiger partial charge in [-0.1, -0.05) is 6.92 Å². The summed E-state index contributed by atoms with van der Waals surface area (Å²) in [6.45, 7) is 1.52. The molecule has 2 N–H and O–H groups in total. The molecule has 0 heterocycles. The molecule has 0 spiro atoms. The quantitative estimate of drug-likeness (QED) is 0.353. The molecule has 0 amide bonds. The van der Waals surface area contributed by atoms with Crippen LogP contribution in [0.2, 0.25) is 0 Å². The topological polar surface area (TPSA) is 74.6 Å². The standard InChI is InChI=1S/3C6H5.C5H8O4.Pb/c3*1-2-4-6-5-3-1;1-2-3(4(6)7)5(8)9;/h3*1-5H;3H,2H2,1H3,(H,6,7)(H,8,9);. The molecule has 0 bridgehead atoms. The van der Waals surface area contributed by atoms with Gasteiger partial charge in [-0.3, -0.25) is 9.59 Å². The molecule has 143 valence electrons. The molecular formula is C23H23O4Pb. The van der Waals surface area contributed by atoms with Gasteiger partial charge >= 0.3 is 135 Å². The van der Waals surface area contributed by atoms with E-state index in [9.17, 15) is 9.59 Å². The van der Waals surface area contributed by atoms with Gasteiger partial charge in [0.1, 0.15) is 0 Å². The van der Waals surface area contributed by atoms with Crippen molar-refractivity contribution in [3.05, 3.63) is 91.0 Å². The average molecular weight is 571 g/mol. The van der Waals surface area contributed by atoms with Crippen molar-refractivity contribution in [3.8, 4) is 0 Å². The zero-order valence-electron chi connectivity index (χ0n) is 15.7. The van der Waals surface area contributed by atoms with E-state index in [2.05, 4.69) is 91.0 Å². The van der Waals surface area contributed by atoms with Gasteiger partial charge in [-0.05, 0) is 6.42 Å². The number of hydrogen-bond acceptors (Lipinski definition) is 2. The van der Waals surface area contributed by atoms with Crippen LogP contribution in [0.25, 0.3) is 0 Å². The fourth-order valence-corrected chi connectivity index (χ4v) is 12.8. The molecule has 1 radical (unpaired) electrons. The normalized spacial score (nSPS) is 10.2. The number of rotatable bonds is 6. The van der Waals surface area contributed by atoms with Crippen molar-refractivity contribution < 1.29 is 19.8 Å².